The maximum atomic E-state index is 13.0. The topological polar surface area (TPSA) is 85.9 Å². The number of halogens is 1. The molecule has 0 radical (unpaired) electrons. The number of hydrogen-bond donors (Lipinski definition) is 2. The van der Waals surface area contributed by atoms with Crippen LogP contribution in [-0.2, 0) is 4.74 Å². The van der Waals surface area contributed by atoms with Crippen LogP contribution in [0.15, 0.2) is 42.5 Å². The first kappa shape index (κ1) is 25.5. The van der Waals surface area contributed by atoms with Gasteiger partial charge in [0.05, 0.1) is 31.4 Å². The molecule has 178 valence electrons. The van der Waals surface area contributed by atoms with E-state index in [2.05, 4.69) is 10.6 Å². The summed E-state index contributed by atoms with van der Waals surface area (Å²) in [7, 11) is 3.10. The van der Waals surface area contributed by atoms with Crippen LogP contribution >= 0.6 is 35.2 Å². The van der Waals surface area contributed by atoms with Crippen LogP contribution < -0.4 is 20.1 Å². The summed E-state index contributed by atoms with van der Waals surface area (Å²) < 4.78 is 16.1. The number of thiocarbonyl (C=S) groups is 1. The first-order valence-electron chi connectivity index (χ1n) is 10.2. The Labute approximate surface area is 212 Å². The minimum absolute atomic E-state index is 0.0237. The van der Waals surface area contributed by atoms with Gasteiger partial charge in [-0.3, -0.25) is 10.1 Å². The summed E-state index contributed by atoms with van der Waals surface area (Å²) in [6.07, 6.45) is 0. The van der Waals surface area contributed by atoms with Gasteiger partial charge < -0.3 is 19.5 Å². The number of methoxy groups -OCH3 is 2. The number of thiophene rings is 1. The van der Waals surface area contributed by atoms with E-state index < -0.39 is 11.9 Å². The van der Waals surface area contributed by atoms with Crippen LogP contribution in [0.1, 0.15) is 32.5 Å². The van der Waals surface area contributed by atoms with E-state index in [1.54, 1.807) is 57.5 Å². The monoisotopic (exact) mass is 518 g/mol. The largest absolute Gasteiger partial charge is 0.493 e. The molecule has 10 heteroatoms. The highest BCUT2D eigenvalue weighted by atomic mass is 35.5. The molecule has 0 saturated carbocycles. The predicted molar refractivity (Wildman–Crippen MR) is 139 cm³/mol. The molecule has 0 aliphatic rings. The molecule has 0 saturated heterocycles. The zero-order valence-corrected chi connectivity index (χ0v) is 21.4. The molecule has 0 spiro atoms. The minimum Gasteiger partial charge on any atom is -0.493 e. The average Bonchev–Trinajstić information content (AvgIpc) is 3.14. The van der Waals surface area contributed by atoms with Crippen molar-refractivity contribution in [2.75, 3.05) is 26.1 Å². The van der Waals surface area contributed by atoms with Gasteiger partial charge >= 0.3 is 5.97 Å². The second-order valence-corrected chi connectivity index (χ2v) is 8.96. The van der Waals surface area contributed by atoms with E-state index in [1.807, 2.05) is 13.0 Å². The minimum atomic E-state index is -0.514. The summed E-state index contributed by atoms with van der Waals surface area (Å²) in [4.78, 5) is 26.4. The van der Waals surface area contributed by atoms with E-state index in [4.69, 9.17) is 38.0 Å². The van der Waals surface area contributed by atoms with Crippen LogP contribution in [0.2, 0.25) is 5.02 Å². The molecule has 0 atom stereocenters. The second-order valence-electron chi connectivity index (χ2n) is 6.92. The normalized spacial score (nSPS) is 10.4. The Bertz CT molecular complexity index is 1240. The smallest absolute Gasteiger partial charge is 0.341 e. The highest BCUT2D eigenvalue weighted by Gasteiger charge is 2.26. The molecule has 2 aromatic carbocycles. The number of esters is 1. The fourth-order valence-corrected chi connectivity index (χ4v) is 4.87. The lowest BCUT2D eigenvalue weighted by Crippen LogP contribution is -2.34. The number of carbonyl (C=O) groups is 2. The van der Waals surface area contributed by atoms with Gasteiger partial charge in [-0.1, -0.05) is 29.8 Å². The summed E-state index contributed by atoms with van der Waals surface area (Å²) in [5, 5.41) is 6.35. The maximum Gasteiger partial charge on any atom is 0.341 e. The third kappa shape index (κ3) is 5.49. The quantitative estimate of drug-likeness (QED) is 0.306. The Hall–Kier alpha value is -3.14. The molecule has 0 unspecified atom stereocenters. The molecule has 3 aromatic rings. The lowest BCUT2D eigenvalue weighted by Gasteiger charge is -2.13. The number of aryl methyl sites for hydroxylation is 1. The van der Waals surface area contributed by atoms with Gasteiger partial charge in [-0.2, -0.15) is 0 Å². The highest BCUT2D eigenvalue weighted by Crippen LogP contribution is 2.42. The van der Waals surface area contributed by atoms with Crippen molar-refractivity contribution in [1.82, 2.24) is 5.32 Å². The van der Waals surface area contributed by atoms with E-state index in [9.17, 15) is 9.59 Å². The Morgan fingerprint density at radius 1 is 1.09 bits per heavy atom. The molecule has 1 heterocycles. The van der Waals surface area contributed by atoms with Gasteiger partial charge in [-0.25, -0.2) is 4.79 Å². The van der Waals surface area contributed by atoms with Gasteiger partial charge in [0.2, 0.25) is 0 Å². The number of nitrogens with one attached hydrogen (secondary N) is 2. The highest BCUT2D eigenvalue weighted by molar-refractivity contribution is 7.80. The van der Waals surface area contributed by atoms with Crippen molar-refractivity contribution in [1.29, 1.82) is 0 Å². The number of hydrogen-bond acceptors (Lipinski definition) is 7. The zero-order chi connectivity index (χ0) is 24.8. The second kappa shape index (κ2) is 11.3. The van der Waals surface area contributed by atoms with Crippen molar-refractivity contribution in [3.05, 3.63) is 63.5 Å². The summed E-state index contributed by atoms with van der Waals surface area (Å²) in [5.41, 5.74) is 2.01. The van der Waals surface area contributed by atoms with E-state index in [0.29, 0.717) is 32.6 Å². The van der Waals surface area contributed by atoms with Gasteiger partial charge in [-0.05, 0) is 55.9 Å². The molecule has 1 amide bonds. The number of benzene rings is 2. The van der Waals surface area contributed by atoms with Crippen molar-refractivity contribution in [2.24, 2.45) is 0 Å². The lowest BCUT2D eigenvalue weighted by atomic mass is 10.0. The van der Waals surface area contributed by atoms with E-state index in [0.717, 1.165) is 10.4 Å². The molecule has 34 heavy (non-hydrogen) atoms. The number of ether oxygens (including phenoxy) is 3. The Kier molecular flexibility index (Phi) is 8.49. The number of rotatable bonds is 7. The maximum absolute atomic E-state index is 13.0. The standard InChI is InChI=1S/C24H23ClN2O5S2/c1-5-32-23(29)20-19(14-10-11-17(30-3)18(12-14)31-4)13(2)34-22(20)27-24(33)26-21(28)15-8-6-7-9-16(15)25/h6-12H,5H2,1-4H3,(H2,26,27,28,33). The Morgan fingerprint density at radius 3 is 2.44 bits per heavy atom. The number of carbonyl (C=O) groups excluding carboxylic acids is 2. The van der Waals surface area contributed by atoms with Crippen molar-refractivity contribution >= 4 is 57.1 Å². The van der Waals surface area contributed by atoms with Gasteiger partial charge in [0.1, 0.15) is 10.6 Å². The Morgan fingerprint density at radius 2 is 1.79 bits per heavy atom. The lowest BCUT2D eigenvalue weighted by molar-refractivity contribution is 0.0529. The molecule has 3 rings (SSSR count). The molecule has 7 nitrogen and oxygen atoms in total. The molecular formula is C24H23ClN2O5S2. The first-order valence-corrected chi connectivity index (χ1v) is 11.8. The molecule has 0 bridgehead atoms. The molecule has 0 fully saturated rings. The summed E-state index contributed by atoms with van der Waals surface area (Å²) in [6, 6.07) is 12.0. The van der Waals surface area contributed by atoms with Crippen molar-refractivity contribution in [3.63, 3.8) is 0 Å². The fourth-order valence-electron chi connectivity index (χ4n) is 3.32. The van der Waals surface area contributed by atoms with Gasteiger partial charge in [0.25, 0.3) is 5.91 Å². The van der Waals surface area contributed by atoms with E-state index in [1.165, 1.54) is 11.3 Å². The van der Waals surface area contributed by atoms with E-state index in [-0.39, 0.29) is 17.3 Å². The summed E-state index contributed by atoms with van der Waals surface area (Å²) >= 11 is 12.8. The molecule has 0 aliphatic heterocycles. The van der Waals surface area contributed by atoms with Crippen LogP contribution in [0.3, 0.4) is 0 Å². The predicted octanol–water partition coefficient (Wildman–Crippen LogP) is 5.70. The fraction of sp³-hybridized carbons (Fsp3) is 0.208. The summed E-state index contributed by atoms with van der Waals surface area (Å²) in [6.45, 7) is 3.82. The molecular weight excluding hydrogens is 496 g/mol. The van der Waals surface area contributed by atoms with E-state index >= 15 is 0 Å². The van der Waals surface area contributed by atoms with Crippen molar-refractivity contribution in [3.8, 4) is 22.6 Å². The van der Waals surface area contributed by atoms with Crippen LogP contribution in [-0.4, -0.2) is 37.8 Å². The van der Waals surface area contributed by atoms with Gasteiger partial charge in [0, 0.05) is 10.4 Å². The molecule has 1 aromatic heterocycles. The third-order valence-electron chi connectivity index (χ3n) is 4.81. The molecule has 2 N–H and O–H groups in total. The third-order valence-corrected chi connectivity index (χ3v) is 6.36. The van der Waals surface area contributed by atoms with Crippen LogP contribution in [0.5, 0.6) is 11.5 Å². The number of anilines is 1. The average molecular weight is 519 g/mol. The van der Waals surface area contributed by atoms with Crippen molar-refractivity contribution in [2.45, 2.75) is 13.8 Å². The van der Waals surface area contributed by atoms with Crippen molar-refractivity contribution < 1.29 is 23.8 Å². The zero-order valence-electron chi connectivity index (χ0n) is 19.0. The van der Waals surface area contributed by atoms with Gasteiger partial charge in [-0.15, -0.1) is 11.3 Å². The number of amides is 1. The van der Waals surface area contributed by atoms with Crippen LogP contribution in [0.25, 0.3) is 11.1 Å². The Balaban J connectivity index is 1.97. The van der Waals surface area contributed by atoms with Crippen LogP contribution in [0.4, 0.5) is 5.00 Å². The van der Waals surface area contributed by atoms with Crippen LogP contribution in [0, 0.1) is 6.92 Å². The summed E-state index contributed by atoms with van der Waals surface area (Å²) in [5.74, 6) is 0.115. The van der Waals surface area contributed by atoms with Gasteiger partial charge in [0.15, 0.2) is 16.6 Å². The molecule has 0 aliphatic carbocycles. The SMILES string of the molecule is CCOC(=O)c1c(NC(=S)NC(=O)c2ccccc2Cl)sc(C)c1-c1ccc(OC)c(OC)c1. The first-order chi connectivity index (χ1) is 16.3.